The van der Waals surface area contributed by atoms with Gasteiger partial charge in [0.2, 0.25) is 5.91 Å². The molecule has 2 heterocycles. The summed E-state index contributed by atoms with van der Waals surface area (Å²) in [4.78, 5) is 29.2. The van der Waals surface area contributed by atoms with Crippen LogP contribution in [0.1, 0.15) is 22.2 Å². The molecule has 7 heteroatoms. The minimum absolute atomic E-state index is 0.111. The predicted octanol–water partition coefficient (Wildman–Crippen LogP) is 6.06. The molecule has 0 aliphatic rings. The van der Waals surface area contributed by atoms with Gasteiger partial charge in [-0.1, -0.05) is 42.0 Å². The molecule has 0 atom stereocenters. The summed E-state index contributed by atoms with van der Waals surface area (Å²) in [5.41, 5.74) is 5.54. The Balaban J connectivity index is 1.49. The SMILES string of the molecule is CC(=O)Nc1ccc(-c2csc(NC(=O)c3sccc3-c3ccc(C)cc3)n2)cc1. The highest BCUT2D eigenvalue weighted by Crippen LogP contribution is 2.31. The number of nitrogens with zero attached hydrogens (tertiary/aromatic N) is 1. The van der Waals surface area contributed by atoms with Gasteiger partial charge >= 0.3 is 0 Å². The van der Waals surface area contributed by atoms with Gasteiger partial charge in [-0.2, -0.15) is 0 Å². The third-order valence-corrected chi connectivity index (χ3v) is 6.13. The van der Waals surface area contributed by atoms with Crippen molar-refractivity contribution in [2.24, 2.45) is 0 Å². The van der Waals surface area contributed by atoms with Crippen molar-refractivity contribution in [1.82, 2.24) is 4.98 Å². The van der Waals surface area contributed by atoms with Gasteiger partial charge < -0.3 is 5.32 Å². The number of carbonyl (C=O) groups is 2. The Morgan fingerprint density at radius 2 is 1.57 bits per heavy atom. The lowest BCUT2D eigenvalue weighted by atomic mass is 10.0. The van der Waals surface area contributed by atoms with Gasteiger partial charge in [-0.05, 0) is 36.1 Å². The van der Waals surface area contributed by atoms with E-state index in [4.69, 9.17) is 0 Å². The molecule has 0 aliphatic heterocycles. The Kier molecular flexibility index (Phi) is 5.74. The van der Waals surface area contributed by atoms with Crippen molar-refractivity contribution < 1.29 is 9.59 Å². The van der Waals surface area contributed by atoms with Gasteiger partial charge in [0.25, 0.3) is 5.91 Å². The lowest BCUT2D eigenvalue weighted by Gasteiger charge is -2.05. The minimum Gasteiger partial charge on any atom is -0.326 e. The van der Waals surface area contributed by atoms with Crippen molar-refractivity contribution in [3.05, 3.63) is 75.8 Å². The van der Waals surface area contributed by atoms with Gasteiger partial charge in [0.15, 0.2) is 5.13 Å². The van der Waals surface area contributed by atoms with Crippen LogP contribution in [-0.4, -0.2) is 16.8 Å². The molecule has 2 N–H and O–H groups in total. The van der Waals surface area contributed by atoms with E-state index in [0.29, 0.717) is 10.0 Å². The molecule has 0 saturated carbocycles. The number of aromatic nitrogens is 1. The van der Waals surface area contributed by atoms with Crippen molar-refractivity contribution in [2.75, 3.05) is 10.6 Å². The highest BCUT2D eigenvalue weighted by Gasteiger charge is 2.16. The van der Waals surface area contributed by atoms with E-state index in [1.54, 1.807) is 0 Å². The summed E-state index contributed by atoms with van der Waals surface area (Å²) in [5, 5.41) is 10.0. The number of amides is 2. The number of benzene rings is 2. The van der Waals surface area contributed by atoms with Crippen molar-refractivity contribution >= 4 is 45.3 Å². The van der Waals surface area contributed by atoms with Crippen LogP contribution >= 0.6 is 22.7 Å². The first-order chi connectivity index (χ1) is 14.5. The average Bonchev–Trinajstić information content (AvgIpc) is 3.38. The molecule has 2 amide bonds. The topological polar surface area (TPSA) is 71.1 Å². The van der Waals surface area contributed by atoms with E-state index in [-0.39, 0.29) is 11.8 Å². The van der Waals surface area contributed by atoms with Crippen LogP contribution < -0.4 is 10.6 Å². The van der Waals surface area contributed by atoms with E-state index in [1.807, 2.05) is 72.3 Å². The second-order valence-electron chi connectivity index (χ2n) is 6.78. The van der Waals surface area contributed by atoms with E-state index in [1.165, 1.54) is 35.2 Å². The predicted molar refractivity (Wildman–Crippen MR) is 124 cm³/mol. The fourth-order valence-electron chi connectivity index (χ4n) is 2.99. The number of carbonyl (C=O) groups excluding carboxylic acids is 2. The zero-order valence-corrected chi connectivity index (χ0v) is 18.1. The normalized spacial score (nSPS) is 10.6. The fourth-order valence-corrected chi connectivity index (χ4v) is 4.52. The molecule has 30 heavy (non-hydrogen) atoms. The number of anilines is 2. The van der Waals surface area contributed by atoms with E-state index in [2.05, 4.69) is 15.6 Å². The molecule has 0 saturated heterocycles. The van der Waals surface area contributed by atoms with Gasteiger partial charge in [0.1, 0.15) is 4.88 Å². The van der Waals surface area contributed by atoms with Gasteiger partial charge in [-0.3, -0.25) is 14.9 Å². The van der Waals surface area contributed by atoms with E-state index in [9.17, 15) is 9.59 Å². The molecule has 4 aromatic rings. The number of rotatable bonds is 5. The van der Waals surface area contributed by atoms with Crippen molar-refractivity contribution in [1.29, 1.82) is 0 Å². The van der Waals surface area contributed by atoms with E-state index in [0.717, 1.165) is 28.1 Å². The quantitative estimate of drug-likeness (QED) is 0.402. The number of nitrogens with one attached hydrogen (secondary N) is 2. The van der Waals surface area contributed by atoms with Crippen LogP contribution in [0.2, 0.25) is 0 Å². The average molecular weight is 434 g/mol. The lowest BCUT2D eigenvalue weighted by molar-refractivity contribution is -0.114. The second kappa shape index (κ2) is 8.61. The summed E-state index contributed by atoms with van der Waals surface area (Å²) in [6.45, 7) is 3.51. The van der Waals surface area contributed by atoms with Crippen molar-refractivity contribution in [3.8, 4) is 22.4 Å². The Morgan fingerprint density at radius 3 is 2.27 bits per heavy atom. The molecule has 0 aliphatic carbocycles. The van der Waals surface area contributed by atoms with Crippen molar-refractivity contribution in [2.45, 2.75) is 13.8 Å². The molecule has 2 aromatic heterocycles. The third-order valence-electron chi connectivity index (χ3n) is 4.46. The maximum atomic E-state index is 12.9. The first kappa shape index (κ1) is 20.0. The number of hydrogen-bond acceptors (Lipinski definition) is 5. The molecule has 150 valence electrons. The number of aryl methyl sites for hydroxylation is 1. The van der Waals surface area contributed by atoms with Gasteiger partial charge in [0, 0.05) is 29.1 Å². The molecular formula is C23H19N3O2S2. The number of hydrogen-bond donors (Lipinski definition) is 2. The van der Waals surface area contributed by atoms with Crippen LogP contribution in [-0.2, 0) is 4.79 Å². The van der Waals surface area contributed by atoms with Gasteiger partial charge in [0.05, 0.1) is 5.69 Å². The summed E-state index contributed by atoms with van der Waals surface area (Å²) in [5.74, 6) is -0.275. The van der Waals surface area contributed by atoms with Gasteiger partial charge in [-0.15, -0.1) is 22.7 Å². The maximum absolute atomic E-state index is 12.9. The Labute approximate surface area is 182 Å². The molecule has 0 fully saturated rings. The molecule has 4 rings (SSSR count). The molecule has 0 spiro atoms. The van der Waals surface area contributed by atoms with Crippen LogP contribution in [0.25, 0.3) is 22.4 Å². The maximum Gasteiger partial charge on any atom is 0.268 e. The molecule has 2 aromatic carbocycles. The molecule has 0 bridgehead atoms. The standard InChI is InChI=1S/C23H19N3O2S2/c1-14-3-5-16(6-4-14)19-11-12-29-21(19)22(28)26-23-25-20(13-30-23)17-7-9-18(10-8-17)24-15(2)27/h3-13H,1-2H3,(H,24,27)(H,25,26,28). The van der Waals surface area contributed by atoms with E-state index >= 15 is 0 Å². The largest absolute Gasteiger partial charge is 0.326 e. The highest BCUT2D eigenvalue weighted by molar-refractivity contribution is 7.15. The summed E-state index contributed by atoms with van der Waals surface area (Å²) >= 11 is 2.80. The number of thiazole rings is 1. The monoisotopic (exact) mass is 433 g/mol. The minimum atomic E-state index is -0.164. The summed E-state index contributed by atoms with van der Waals surface area (Å²) < 4.78 is 0. The number of thiophene rings is 1. The Morgan fingerprint density at radius 1 is 0.867 bits per heavy atom. The van der Waals surface area contributed by atoms with Crippen LogP contribution in [0, 0.1) is 6.92 Å². The molecule has 0 unspecified atom stereocenters. The van der Waals surface area contributed by atoms with Crippen LogP contribution in [0.3, 0.4) is 0 Å². The third kappa shape index (κ3) is 4.48. The van der Waals surface area contributed by atoms with Gasteiger partial charge in [-0.25, -0.2) is 4.98 Å². The zero-order chi connectivity index (χ0) is 21.1. The van der Waals surface area contributed by atoms with Crippen molar-refractivity contribution in [3.63, 3.8) is 0 Å². The zero-order valence-electron chi connectivity index (χ0n) is 16.4. The summed E-state index contributed by atoms with van der Waals surface area (Å²) in [6, 6.07) is 17.5. The fraction of sp³-hybridized carbons (Fsp3) is 0.0870. The smallest absolute Gasteiger partial charge is 0.268 e. The highest BCUT2D eigenvalue weighted by atomic mass is 32.1. The first-order valence-electron chi connectivity index (χ1n) is 9.29. The Hall–Kier alpha value is -3.29. The van der Waals surface area contributed by atoms with Crippen LogP contribution in [0.4, 0.5) is 10.8 Å². The lowest BCUT2D eigenvalue weighted by Crippen LogP contribution is -2.11. The summed E-state index contributed by atoms with van der Waals surface area (Å²) in [6.07, 6.45) is 0. The van der Waals surface area contributed by atoms with Crippen LogP contribution in [0.5, 0.6) is 0 Å². The first-order valence-corrected chi connectivity index (χ1v) is 11.0. The molecule has 0 radical (unpaired) electrons. The molecular weight excluding hydrogens is 414 g/mol. The molecule has 5 nitrogen and oxygen atoms in total. The Bertz CT molecular complexity index is 1190. The van der Waals surface area contributed by atoms with E-state index < -0.39 is 0 Å². The van der Waals surface area contributed by atoms with Crippen LogP contribution in [0.15, 0.2) is 65.4 Å². The second-order valence-corrected chi connectivity index (χ2v) is 8.55. The summed E-state index contributed by atoms with van der Waals surface area (Å²) in [7, 11) is 0.